The minimum Gasteiger partial charge on any atom is -0.488 e. The molecule has 0 atom stereocenters. The summed E-state index contributed by atoms with van der Waals surface area (Å²) in [6.07, 6.45) is 3.65. The summed E-state index contributed by atoms with van der Waals surface area (Å²) in [6.45, 7) is 2.92. The average Bonchev–Trinajstić information content (AvgIpc) is 3.40. The van der Waals surface area contributed by atoms with Gasteiger partial charge >= 0.3 is 0 Å². The molecule has 6 nitrogen and oxygen atoms in total. The minimum absolute atomic E-state index is 0.245. The van der Waals surface area contributed by atoms with Gasteiger partial charge in [0.25, 0.3) is 5.89 Å². The highest BCUT2D eigenvalue weighted by molar-refractivity contribution is 7.09. The Morgan fingerprint density at radius 1 is 1.04 bits per heavy atom. The van der Waals surface area contributed by atoms with Gasteiger partial charge in [-0.3, -0.25) is 9.88 Å². The van der Waals surface area contributed by atoms with E-state index in [1.165, 1.54) is 4.88 Å². The van der Waals surface area contributed by atoms with E-state index in [0.29, 0.717) is 11.7 Å². The monoisotopic (exact) mass is 390 g/mol. The first-order chi connectivity index (χ1) is 13.8. The summed E-state index contributed by atoms with van der Waals surface area (Å²) in [6, 6.07) is 15.8. The lowest BCUT2D eigenvalue weighted by Crippen LogP contribution is -2.52. The van der Waals surface area contributed by atoms with Crippen LogP contribution in [0.15, 0.2) is 70.8 Å². The van der Waals surface area contributed by atoms with Crippen LogP contribution in [0.25, 0.3) is 22.8 Å². The SMILES string of the molecule is c1csc(CN2CC(Oc3ccc(-c4noc(-c5ccncc5)n4)cc3)C2)c1. The maximum absolute atomic E-state index is 6.06. The number of thiophene rings is 1. The van der Waals surface area contributed by atoms with Crippen LogP contribution in [0, 0.1) is 0 Å². The number of hydrogen-bond donors (Lipinski definition) is 0. The maximum Gasteiger partial charge on any atom is 0.258 e. The largest absolute Gasteiger partial charge is 0.488 e. The Morgan fingerprint density at radius 2 is 1.86 bits per heavy atom. The second-order valence-electron chi connectivity index (χ2n) is 6.70. The standard InChI is InChI=1S/C21H18N4O2S/c1-2-19(28-11-1)14-25-12-18(13-25)26-17-5-3-15(4-6-17)20-23-21(27-24-20)16-7-9-22-10-8-16/h1-11,18H,12-14H2. The Labute approximate surface area is 166 Å². The molecule has 0 saturated carbocycles. The second kappa shape index (κ2) is 7.53. The van der Waals surface area contributed by atoms with E-state index in [1.807, 2.05) is 36.4 Å². The van der Waals surface area contributed by atoms with E-state index in [1.54, 1.807) is 23.7 Å². The second-order valence-corrected chi connectivity index (χ2v) is 7.73. The molecule has 0 amide bonds. The highest BCUT2D eigenvalue weighted by atomic mass is 32.1. The number of likely N-dealkylation sites (tertiary alicyclic amines) is 1. The van der Waals surface area contributed by atoms with Gasteiger partial charge in [0.15, 0.2) is 0 Å². The van der Waals surface area contributed by atoms with Crippen LogP contribution in [-0.4, -0.2) is 39.2 Å². The molecular formula is C21H18N4O2S. The molecule has 3 aromatic heterocycles. The molecule has 4 aromatic rings. The van der Waals surface area contributed by atoms with Crippen LogP contribution >= 0.6 is 11.3 Å². The molecule has 140 valence electrons. The Kier molecular flexibility index (Phi) is 4.60. The zero-order valence-corrected chi connectivity index (χ0v) is 15.9. The van der Waals surface area contributed by atoms with Gasteiger partial charge in [-0.15, -0.1) is 11.3 Å². The first-order valence-corrected chi connectivity index (χ1v) is 9.97. The zero-order chi connectivity index (χ0) is 18.8. The quantitative estimate of drug-likeness (QED) is 0.493. The van der Waals surface area contributed by atoms with Gasteiger partial charge in [0, 0.05) is 48.0 Å². The number of pyridine rings is 1. The Bertz CT molecular complexity index is 1030. The van der Waals surface area contributed by atoms with Crippen molar-refractivity contribution in [2.45, 2.75) is 12.6 Å². The van der Waals surface area contributed by atoms with Crippen LogP contribution in [-0.2, 0) is 6.54 Å². The fourth-order valence-corrected chi connectivity index (χ4v) is 3.92. The summed E-state index contributed by atoms with van der Waals surface area (Å²) in [5.41, 5.74) is 1.75. The third kappa shape index (κ3) is 3.67. The first-order valence-electron chi connectivity index (χ1n) is 9.09. The summed E-state index contributed by atoms with van der Waals surface area (Å²) in [5.74, 6) is 1.91. The summed E-state index contributed by atoms with van der Waals surface area (Å²) < 4.78 is 11.4. The van der Waals surface area contributed by atoms with Crippen LogP contribution in [0.3, 0.4) is 0 Å². The molecule has 7 heteroatoms. The van der Waals surface area contributed by atoms with Crippen molar-refractivity contribution in [2.24, 2.45) is 0 Å². The number of hydrogen-bond acceptors (Lipinski definition) is 7. The maximum atomic E-state index is 6.06. The number of rotatable bonds is 6. The van der Waals surface area contributed by atoms with Crippen molar-refractivity contribution in [3.63, 3.8) is 0 Å². The third-order valence-corrected chi connectivity index (χ3v) is 5.51. The molecule has 1 aliphatic rings. The smallest absolute Gasteiger partial charge is 0.258 e. The van der Waals surface area contributed by atoms with Gasteiger partial charge in [-0.2, -0.15) is 4.98 Å². The highest BCUT2D eigenvalue weighted by Crippen LogP contribution is 2.25. The van der Waals surface area contributed by atoms with E-state index >= 15 is 0 Å². The van der Waals surface area contributed by atoms with Crippen LogP contribution in [0.2, 0.25) is 0 Å². The lowest BCUT2D eigenvalue weighted by Gasteiger charge is -2.38. The molecule has 0 radical (unpaired) electrons. The summed E-state index contributed by atoms with van der Waals surface area (Å²) in [4.78, 5) is 12.3. The predicted molar refractivity (Wildman–Crippen MR) is 107 cm³/mol. The fourth-order valence-electron chi connectivity index (χ4n) is 3.18. The highest BCUT2D eigenvalue weighted by Gasteiger charge is 2.28. The van der Waals surface area contributed by atoms with Gasteiger partial charge in [-0.25, -0.2) is 0 Å². The Balaban J connectivity index is 1.18. The minimum atomic E-state index is 0.245. The molecule has 1 aliphatic heterocycles. The molecule has 1 saturated heterocycles. The number of ether oxygens (including phenoxy) is 1. The van der Waals surface area contributed by atoms with Crippen molar-refractivity contribution in [3.8, 4) is 28.6 Å². The summed E-state index contributed by atoms with van der Waals surface area (Å²) in [7, 11) is 0. The van der Waals surface area contributed by atoms with E-state index in [9.17, 15) is 0 Å². The molecule has 0 N–H and O–H groups in total. The van der Waals surface area contributed by atoms with Crippen molar-refractivity contribution < 1.29 is 9.26 Å². The summed E-state index contributed by atoms with van der Waals surface area (Å²) >= 11 is 1.80. The van der Waals surface area contributed by atoms with Gasteiger partial charge in [0.2, 0.25) is 5.82 Å². The molecule has 1 aromatic carbocycles. The van der Waals surface area contributed by atoms with Crippen LogP contribution in [0.5, 0.6) is 5.75 Å². The van der Waals surface area contributed by atoms with Crippen LogP contribution in [0.1, 0.15) is 4.88 Å². The van der Waals surface area contributed by atoms with Gasteiger partial charge in [-0.05, 0) is 47.8 Å². The van der Waals surface area contributed by atoms with Gasteiger partial charge in [0.05, 0.1) is 0 Å². The van der Waals surface area contributed by atoms with E-state index in [0.717, 1.165) is 36.5 Å². The predicted octanol–water partition coefficient (Wildman–Crippen LogP) is 4.12. The van der Waals surface area contributed by atoms with Crippen LogP contribution in [0.4, 0.5) is 0 Å². The van der Waals surface area contributed by atoms with Crippen molar-refractivity contribution in [1.82, 2.24) is 20.0 Å². The molecule has 28 heavy (non-hydrogen) atoms. The van der Waals surface area contributed by atoms with Gasteiger partial charge < -0.3 is 9.26 Å². The molecule has 0 unspecified atom stereocenters. The number of nitrogens with zero attached hydrogens (tertiary/aromatic N) is 4. The van der Waals surface area contributed by atoms with E-state index < -0.39 is 0 Å². The third-order valence-electron chi connectivity index (χ3n) is 4.65. The molecule has 5 rings (SSSR count). The lowest BCUT2D eigenvalue weighted by molar-refractivity contribution is 0.0152. The number of benzene rings is 1. The first kappa shape index (κ1) is 17.1. The topological polar surface area (TPSA) is 64.3 Å². The van der Waals surface area contributed by atoms with Crippen LogP contribution < -0.4 is 4.74 Å². The normalized spacial score (nSPS) is 14.7. The molecule has 0 spiro atoms. The van der Waals surface area contributed by atoms with E-state index in [4.69, 9.17) is 9.26 Å². The Hall–Kier alpha value is -3.03. The van der Waals surface area contributed by atoms with Crippen molar-refractivity contribution in [3.05, 3.63) is 71.2 Å². The van der Waals surface area contributed by atoms with E-state index in [-0.39, 0.29) is 6.10 Å². The molecule has 0 bridgehead atoms. The Morgan fingerprint density at radius 3 is 2.61 bits per heavy atom. The summed E-state index contributed by atoms with van der Waals surface area (Å²) in [5, 5.41) is 6.19. The van der Waals surface area contributed by atoms with E-state index in [2.05, 4.69) is 37.5 Å². The van der Waals surface area contributed by atoms with Gasteiger partial charge in [0.1, 0.15) is 11.9 Å². The van der Waals surface area contributed by atoms with Crippen molar-refractivity contribution in [2.75, 3.05) is 13.1 Å². The van der Waals surface area contributed by atoms with Crippen molar-refractivity contribution in [1.29, 1.82) is 0 Å². The van der Waals surface area contributed by atoms with Crippen molar-refractivity contribution >= 4 is 11.3 Å². The molecule has 4 heterocycles. The molecule has 0 aliphatic carbocycles. The lowest BCUT2D eigenvalue weighted by atomic mass is 10.1. The van der Waals surface area contributed by atoms with Gasteiger partial charge in [-0.1, -0.05) is 11.2 Å². The molecular weight excluding hydrogens is 372 g/mol. The number of aromatic nitrogens is 3. The zero-order valence-electron chi connectivity index (χ0n) is 15.1. The average molecular weight is 390 g/mol. The molecule has 1 fully saturated rings. The fraction of sp³-hybridized carbons (Fsp3) is 0.190.